The van der Waals surface area contributed by atoms with E-state index < -0.39 is 29.0 Å². The number of hydrogen-bond donors (Lipinski definition) is 0. The molecule has 0 saturated heterocycles. The van der Waals surface area contributed by atoms with Gasteiger partial charge in [-0.2, -0.15) is 5.26 Å². The second kappa shape index (κ2) is 24.4. The van der Waals surface area contributed by atoms with Gasteiger partial charge < -0.3 is 69.1 Å². The maximum Gasteiger partial charge on any atom is 0.673 e. The van der Waals surface area contributed by atoms with Crippen LogP contribution in [0.15, 0.2) is 24.3 Å². The van der Waals surface area contributed by atoms with Crippen LogP contribution in [0.2, 0.25) is 0 Å². The summed E-state index contributed by atoms with van der Waals surface area (Å²) in [6, 6.07) is 1.75. The van der Waals surface area contributed by atoms with E-state index in [1.54, 1.807) is 6.07 Å². The minimum absolute atomic E-state index is 0. The molecule has 0 saturated carbocycles. The van der Waals surface area contributed by atoms with Crippen molar-refractivity contribution in [2.24, 2.45) is 0 Å². The molecule has 0 aromatic carbocycles. The summed E-state index contributed by atoms with van der Waals surface area (Å²) < 4.78 is 156. The van der Waals surface area contributed by atoms with Gasteiger partial charge in [0.2, 0.25) is 0 Å². The van der Waals surface area contributed by atoms with Crippen molar-refractivity contribution in [1.29, 1.82) is 5.26 Å². The Bertz CT molecular complexity index is 382. The average Bonchev–Trinajstić information content (AvgIpc) is 2.29. The fourth-order valence-electron chi connectivity index (χ4n) is 0.856. The summed E-state index contributed by atoms with van der Waals surface area (Å²) in [6.45, 7) is 1.43. The van der Waals surface area contributed by atoms with E-state index >= 15 is 0 Å². The molecule has 0 aliphatic heterocycles. The van der Waals surface area contributed by atoms with Gasteiger partial charge in [0.1, 0.15) is 0 Å². The third-order valence-electron chi connectivity index (χ3n) is 1.33. The molecular weight excluding hydrogens is 674 g/mol. The first-order chi connectivity index (χ1) is 13.4. The van der Waals surface area contributed by atoms with Crippen molar-refractivity contribution < 1.29 is 89.2 Å². The number of rotatable bonds is 0. The van der Waals surface area contributed by atoms with E-state index in [1.165, 1.54) is 32.6 Å². The maximum absolute atomic E-state index is 9.75. The maximum atomic E-state index is 9.75. The van der Waals surface area contributed by atoms with Crippen molar-refractivity contribution in [2.75, 3.05) is 0 Å². The molecule has 1 aliphatic rings. The fraction of sp³-hybridized carbons (Fsp3) is 0.500. The van der Waals surface area contributed by atoms with E-state index in [4.69, 9.17) is 5.26 Å². The van der Waals surface area contributed by atoms with Crippen molar-refractivity contribution >= 4 is 29.0 Å². The Morgan fingerprint density at radius 2 is 0.531 bits per heavy atom. The number of halogens is 16. The van der Waals surface area contributed by atoms with Crippen molar-refractivity contribution in [1.82, 2.24) is 0 Å². The Morgan fingerprint density at radius 1 is 0.469 bits per heavy atom. The van der Waals surface area contributed by atoms with Crippen LogP contribution in [0.25, 0.3) is 0 Å². The van der Waals surface area contributed by atoms with Crippen molar-refractivity contribution in [3.8, 4) is 6.07 Å². The molecule has 0 N–H and O–H groups in total. The molecule has 1 nitrogen and oxygen atoms in total. The Balaban J connectivity index is -0.0000000647. The van der Waals surface area contributed by atoms with Gasteiger partial charge in [-0.3, -0.25) is 0 Å². The fourth-order valence-corrected chi connectivity index (χ4v) is 0.856. The Labute approximate surface area is 187 Å². The zero-order valence-corrected chi connectivity index (χ0v) is 18.2. The van der Waals surface area contributed by atoms with Gasteiger partial charge in [-0.05, 0) is 25.7 Å². The normalized spacial score (nSPS) is 13.8. The van der Waals surface area contributed by atoms with E-state index in [2.05, 4.69) is 24.3 Å². The number of nitrogens with zero attached hydrogens (tertiary/aromatic N) is 1. The van der Waals surface area contributed by atoms with Gasteiger partial charge in [0, 0.05) is 27.0 Å². The van der Waals surface area contributed by atoms with Crippen LogP contribution in [0, 0.1) is 11.3 Å². The Kier molecular flexibility index (Phi) is 33.9. The predicted molar refractivity (Wildman–Crippen MR) is 88.8 cm³/mol. The molecule has 1 rings (SSSR count). The summed E-state index contributed by atoms with van der Waals surface area (Å²) in [4.78, 5) is 0. The second-order valence-electron chi connectivity index (χ2n) is 4.30. The molecule has 1 radical (unpaired) electrons. The molecular formula is C10H15B4F16IrN-4. The number of hydrogen-bond acceptors (Lipinski definition) is 1. The molecule has 0 unspecified atom stereocenters. The van der Waals surface area contributed by atoms with Crippen LogP contribution >= 0.6 is 0 Å². The molecule has 0 heterocycles. The molecule has 0 atom stereocenters. The molecule has 0 amide bonds. The van der Waals surface area contributed by atoms with E-state index in [0.29, 0.717) is 0 Å². The summed E-state index contributed by atoms with van der Waals surface area (Å²) in [5.74, 6) is 0. The molecule has 22 heteroatoms. The summed E-state index contributed by atoms with van der Waals surface area (Å²) in [6.07, 6.45) is 14.0. The molecule has 197 valence electrons. The standard InChI is InChI=1S/C8H12.C2H3N.4BF4.Ir/c1-2-4-6-8-7-5-3-1;1-2-3;4*2-1(3,4)5;/h1-2,7-8H,3-6H2;1H3;;;;;/q;;4*-1;/b2-1-,8-7?;;;;;;. The number of allylic oxidation sites excluding steroid dienone is 4. The molecule has 1 aliphatic carbocycles. The van der Waals surface area contributed by atoms with Gasteiger partial charge in [0.05, 0.1) is 6.07 Å². The molecule has 0 fully saturated rings. The molecule has 0 aromatic heterocycles. The van der Waals surface area contributed by atoms with Gasteiger partial charge in [-0.25, -0.2) is 0 Å². The third kappa shape index (κ3) is 485. The van der Waals surface area contributed by atoms with Crippen LogP contribution in [-0.2, 0) is 20.1 Å². The van der Waals surface area contributed by atoms with Crippen LogP contribution in [0.5, 0.6) is 0 Å². The molecule has 0 bridgehead atoms. The second-order valence-corrected chi connectivity index (χ2v) is 4.30. The van der Waals surface area contributed by atoms with Crippen molar-refractivity contribution in [3.05, 3.63) is 24.3 Å². The first-order valence-electron chi connectivity index (χ1n) is 7.51. The zero-order valence-electron chi connectivity index (χ0n) is 15.8. The minimum Gasteiger partial charge on any atom is -0.418 e. The first kappa shape index (κ1) is 44.4. The van der Waals surface area contributed by atoms with E-state index in [-0.39, 0.29) is 20.1 Å². The summed E-state index contributed by atoms with van der Waals surface area (Å²) in [5, 5.41) is 7.32. The SMILES string of the molecule is C1=CCC/C=C\CC1.CC#N.F[B-](F)(F)F.F[B-](F)(F)F.F[B-](F)(F)F.F[B-](F)(F)F.[Ir]. The van der Waals surface area contributed by atoms with E-state index in [9.17, 15) is 69.1 Å². The van der Waals surface area contributed by atoms with Gasteiger partial charge >= 0.3 is 29.0 Å². The first-order valence-corrected chi connectivity index (χ1v) is 7.51. The van der Waals surface area contributed by atoms with Gasteiger partial charge in [-0.15, -0.1) is 0 Å². The summed E-state index contributed by atoms with van der Waals surface area (Å²) in [5.41, 5.74) is 0. The van der Waals surface area contributed by atoms with E-state index in [0.717, 1.165) is 0 Å². The zero-order chi connectivity index (χ0) is 26.4. The quantitative estimate of drug-likeness (QED) is 0.143. The number of nitriles is 1. The predicted octanol–water partition coefficient (Wildman–Crippen LogP) is 8.40. The van der Waals surface area contributed by atoms with Crippen LogP contribution in [0.4, 0.5) is 69.1 Å². The van der Waals surface area contributed by atoms with E-state index in [1.807, 2.05) is 0 Å². The minimum atomic E-state index is -6.00. The Hall–Kier alpha value is -1.24. The van der Waals surface area contributed by atoms with Crippen molar-refractivity contribution in [3.63, 3.8) is 0 Å². The average molecular weight is 689 g/mol. The third-order valence-corrected chi connectivity index (χ3v) is 1.33. The summed E-state index contributed by atoms with van der Waals surface area (Å²) in [7, 11) is -24.0. The van der Waals surface area contributed by atoms with Crippen LogP contribution in [0.3, 0.4) is 0 Å². The smallest absolute Gasteiger partial charge is 0.418 e. The van der Waals surface area contributed by atoms with Gasteiger partial charge in [0.15, 0.2) is 0 Å². The monoisotopic (exact) mass is 690 g/mol. The van der Waals surface area contributed by atoms with Crippen molar-refractivity contribution in [2.45, 2.75) is 32.6 Å². The van der Waals surface area contributed by atoms with Crippen LogP contribution in [0.1, 0.15) is 32.6 Å². The topological polar surface area (TPSA) is 23.8 Å². The Morgan fingerprint density at radius 3 is 0.594 bits per heavy atom. The molecule has 32 heavy (non-hydrogen) atoms. The van der Waals surface area contributed by atoms with Gasteiger partial charge in [0.25, 0.3) is 0 Å². The molecule has 0 spiro atoms. The van der Waals surface area contributed by atoms with Crippen LogP contribution in [-0.4, -0.2) is 29.0 Å². The van der Waals surface area contributed by atoms with Gasteiger partial charge in [-0.1, -0.05) is 24.3 Å². The molecule has 0 aromatic rings. The summed E-state index contributed by atoms with van der Waals surface area (Å²) >= 11 is 0. The largest absolute Gasteiger partial charge is 0.673 e. The van der Waals surface area contributed by atoms with Crippen LogP contribution < -0.4 is 0 Å².